The highest BCUT2D eigenvalue weighted by molar-refractivity contribution is 5.36. The number of nitrogens with two attached hydrogens (primary N) is 1. The lowest BCUT2D eigenvalue weighted by molar-refractivity contribution is 0.414. The molecule has 0 saturated carbocycles. The predicted molar refractivity (Wildman–Crippen MR) is 67.1 cm³/mol. The Balaban J connectivity index is 2.27. The Morgan fingerprint density at radius 3 is 2.53 bits per heavy atom. The standard InChI is InChI=1S/C14H17NO2/c1-3-13-12(8-9-17-13)14(15)10-4-6-11(16-2)7-5-10/h4-9,14H,3,15H2,1-2H3. The van der Waals surface area contributed by atoms with Gasteiger partial charge in [0.2, 0.25) is 0 Å². The van der Waals surface area contributed by atoms with Crippen LogP contribution in [0.2, 0.25) is 0 Å². The molecule has 3 nitrogen and oxygen atoms in total. The molecule has 3 heteroatoms. The SMILES string of the molecule is CCc1occc1C(N)c1ccc(OC)cc1. The number of rotatable bonds is 4. The Labute approximate surface area is 101 Å². The van der Waals surface area contributed by atoms with Gasteiger partial charge in [-0.15, -0.1) is 0 Å². The average Bonchev–Trinajstić information content (AvgIpc) is 2.86. The number of furan rings is 1. The summed E-state index contributed by atoms with van der Waals surface area (Å²) in [5.74, 6) is 1.79. The molecule has 17 heavy (non-hydrogen) atoms. The van der Waals surface area contributed by atoms with Crippen molar-refractivity contribution >= 4 is 0 Å². The number of aryl methyl sites for hydroxylation is 1. The largest absolute Gasteiger partial charge is 0.497 e. The van der Waals surface area contributed by atoms with Crippen LogP contribution in [0.1, 0.15) is 29.9 Å². The number of methoxy groups -OCH3 is 1. The topological polar surface area (TPSA) is 48.4 Å². The van der Waals surface area contributed by atoms with Crippen molar-refractivity contribution in [3.63, 3.8) is 0 Å². The third-order valence-corrected chi connectivity index (χ3v) is 2.91. The van der Waals surface area contributed by atoms with E-state index in [9.17, 15) is 0 Å². The highest BCUT2D eigenvalue weighted by Crippen LogP contribution is 2.25. The van der Waals surface area contributed by atoms with Crippen LogP contribution in [0, 0.1) is 0 Å². The summed E-state index contributed by atoms with van der Waals surface area (Å²) in [5.41, 5.74) is 8.34. The van der Waals surface area contributed by atoms with Gasteiger partial charge in [-0.2, -0.15) is 0 Å². The molecule has 2 aromatic rings. The van der Waals surface area contributed by atoms with E-state index in [4.69, 9.17) is 14.9 Å². The van der Waals surface area contributed by atoms with Crippen LogP contribution < -0.4 is 10.5 Å². The number of benzene rings is 1. The first kappa shape index (κ1) is 11.7. The maximum absolute atomic E-state index is 6.23. The first-order valence-electron chi connectivity index (χ1n) is 5.72. The van der Waals surface area contributed by atoms with Gasteiger partial charge in [0.25, 0.3) is 0 Å². The van der Waals surface area contributed by atoms with Gasteiger partial charge in [-0.05, 0) is 23.8 Å². The van der Waals surface area contributed by atoms with Crippen LogP contribution in [0.15, 0.2) is 41.0 Å². The fourth-order valence-corrected chi connectivity index (χ4v) is 1.91. The van der Waals surface area contributed by atoms with Crippen LogP contribution in [0.5, 0.6) is 5.75 Å². The van der Waals surface area contributed by atoms with Gasteiger partial charge in [0.15, 0.2) is 0 Å². The summed E-state index contributed by atoms with van der Waals surface area (Å²) in [6, 6.07) is 9.59. The minimum atomic E-state index is -0.144. The number of ether oxygens (including phenoxy) is 1. The van der Waals surface area contributed by atoms with E-state index < -0.39 is 0 Å². The third-order valence-electron chi connectivity index (χ3n) is 2.91. The molecule has 0 amide bonds. The molecule has 1 atom stereocenters. The smallest absolute Gasteiger partial charge is 0.118 e. The highest BCUT2D eigenvalue weighted by atomic mass is 16.5. The summed E-state index contributed by atoms with van der Waals surface area (Å²) in [6.45, 7) is 2.06. The predicted octanol–water partition coefficient (Wildman–Crippen LogP) is 2.90. The van der Waals surface area contributed by atoms with Crippen LogP contribution in [-0.2, 0) is 6.42 Å². The van der Waals surface area contributed by atoms with Crippen molar-refractivity contribution in [2.45, 2.75) is 19.4 Å². The molecule has 2 rings (SSSR count). The number of hydrogen-bond donors (Lipinski definition) is 1. The van der Waals surface area contributed by atoms with Crippen LogP contribution in [0.3, 0.4) is 0 Å². The van der Waals surface area contributed by atoms with Crippen molar-refractivity contribution in [2.24, 2.45) is 5.73 Å². The van der Waals surface area contributed by atoms with Crippen molar-refractivity contribution in [1.29, 1.82) is 0 Å². The lowest BCUT2D eigenvalue weighted by Crippen LogP contribution is -2.12. The van der Waals surface area contributed by atoms with E-state index in [0.29, 0.717) is 0 Å². The summed E-state index contributed by atoms with van der Waals surface area (Å²) in [5, 5.41) is 0. The zero-order valence-corrected chi connectivity index (χ0v) is 10.1. The number of hydrogen-bond acceptors (Lipinski definition) is 3. The molecule has 0 aliphatic rings. The second kappa shape index (κ2) is 5.06. The van der Waals surface area contributed by atoms with E-state index in [1.807, 2.05) is 30.3 Å². The second-order valence-corrected chi connectivity index (χ2v) is 3.90. The molecule has 1 unspecified atom stereocenters. The molecule has 0 aliphatic heterocycles. The maximum atomic E-state index is 6.23. The molecule has 0 spiro atoms. The van der Waals surface area contributed by atoms with Crippen molar-refractivity contribution in [2.75, 3.05) is 7.11 Å². The zero-order valence-electron chi connectivity index (χ0n) is 10.1. The fraction of sp³-hybridized carbons (Fsp3) is 0.286. The Morgan fingerprint density at radius 2 is 1.94 bits per heavy atom. The molecule has 0 radical (unpaired) electrons. The minimum Gasteiger partial charge on any atom is -0.497 e. The van der Waals surface area contributed by atoms with Gasteiger partial charge in [-0.1, -0.05) is 19.1 Å². The summed E-state index contributed by atoms with van der Waals surface area (Å²) in [4.78, 5) is 0. The van der Waals surface area contributed by atoms with Gasteiger partial charge in [0.1, 0.15) is 11.5 Å². The van der Waals surface area contributed by atoms with Crippen LogP contribution in [-0.4, -0.2) is 7.11 Å². The van der Waals surface area contributed by atoms with Gasteiger partial charge in [-0.25, -0.2) is 0 Å². The van der Waals surface area contributed by atoms with E-state index >= 15 is 0 Å². The van der Waals surface area contributed by atoms with Crippen molar-refractivity contribution in [1.82, 2.24) is 0 Å². The molecule has 0 aliphatic carbocycles. The Bertz CT molecular complexity index is 473. The van der Waals surface area contributed by atoms with Gasteiger partial charge in [0, 0.05) is 12.0 Å². The fourth-order valence-electron chi connectivity index (χ4n) is 1.91. The Hall–Kier alpha value is -1.74. The average molecular weight is 231 g/mol. The zero-order chi connectivity index (χ0) is 12.3. The maximum Gasteiger partial charge on any atom is 0.118 e. The normalized spacial score (nSPS) is 12.4. The molecular formula is C14H17NO2. The van der Waals surface area contributed by atoms with Crippen molar-refractivity contribution < 1.29 is 9.15 Å². The molecule has 2 N–H and O–H groups in total. The molecule has 90 valence electrons. The molecule has 0 fully saturated rings. The summed E-state index contributed by atoms with van der Waals surface area (Å²) < 4.78 is 10.5. The minimum absolute atomic E-state index is 0.144. The van der Waals surface area contributed by atoms with E-state index in [2.05, 4.69) is 6.92 Å². The molecule has 1 aromatic heterocycles. The van der Waals surface area contributed by atoms with Crippen LogP contribution in [0.4, 0.5) is 0 Å². The van der Waals surface area contributed by atoms with E-state index in [1.54, 1.807) is 13.4 Å². The monoisotopic (exact) mass is 231 g/mol. The van der Waals surface area contributed by atoms with Crippen molar-refractivity contribution in [3.05, 3.63) is 53.5 Å². The van der Waals surface area contributed by atoms with Gasteiger partial charge in [-0.3, -0.25) is 0 Å². The van der Waals surface area contributed by atoms with Gasteiger partial charge in [0.05, 0.1) is 19.4 Å². The van der Waals surface area contributed by atoms with Crippen LogP contribution >= 0.6 is 0 Å². The second-order valence-electron chi connectivity index (χ2n) is 3.90. The quantitative estimate of drug-likeness (QED) is 0.880. The first-order chi connectivity index (χ1) is 8.26. The van der Waals surface area contributed by atoms with Crippen LogP contribution in [0.25, 0.3) is 0 Å². The summed E-state index contributed by atoms with van der Waals surface area (Å²) in [7, 11) is 1.65. The van der Waals surface area contributed by atoms with Gasteiger partial charge < -0.3 is 14.9 Å². The summed E-state index contributed by atoms with van der Waals surface area (Å²) >= 11 is 0. The molecule has 1 aromatic carbocycles. The van der Waals surface area contributed by atoms with E-state index in [0.717, 1.165) is 29.1 Å². The highest BCUT2D eigenvalue weighted by Gasteiger charge is 2.14. The van der Waals surface area contributed by atoms with E-state index in [-0.39, 0.29) is 6.04 Å². The lowest BCUT2D eigenvalue weighted by Gasteiger charge is -2.12. The molecule has 1 heterocycles. The third kappa shape index (κ3) is 2.34. The molecular weight excluding hydrogens is 214 g/mol. The summed E-state index contributed by atoms with van der Waals surface area (Å²) in [6.07, 6.45) is 2.55. The molecule has 0 saturated heterocycles. The van der Waals surface area contributed by atoms with E-state index in [1.165, 1.54) is 0 Å². The van der Waals surface area contributed by atoms with Crippen molar-refractivity contribution in [3.8, 4) is 5.75 Å². The lowest BCUT2D eigenvalue weighted by atomic mass is 9.99. The Morgan fingerprint density at radius 1 is 1.24 bits per heavy atom. The Kier molecular flexibility index (Phi) is 3.49. The van der Waals surface area contributed by atoms with Gasteiger partial charge >= 0.3 is 0 Å². The molecule has 0 bridgehead atoms. The first-order valence-corrected chi connectivity index (χ1v) is 5.72.